The van der Waals surface area contributed by atoms with E-state index in [9.17, 15) is 8.42 Å². The third-order valence-electron chi connectivity index (χ3n) is 1.59. The minimum absolute atomic E-state index is 0.0842. The van der Waals surface area contributed by atoms with E-state index in [4.69, 9.17) is 4.74 Å². The van der Waals surface area contributed by atoms with Crippen LogP contribution in [0.4, 0.5) is 0 Å². The van der Waals surface area contributed by atoms with E-state index in [0.717, 1.165) is 6.42 Å². The lowest BCUT2D eigenvalue weighted by atomic mass is 10.4. The Hall–Kier alpha value is -0.130. The van der Waals surface area contributed by atoms with Crippen LogP contribution in [0.3, 0.4) is 0 Å². The Morgan fingerprint density at radius 1 is 1.45 bits per heavy atom. The third kappa shape index (κ3) is 1.91. The van der Waals surface area contributed by atoms with Crippen molar-refractivity contribution in [3.05, 3.63) is 0 Å². The van der Waals surface area contributed by atoms with Crippen molar-refractivity contribution in [1.82, 2.24) is 4.72 Å². The van der Waals surface area contributed by atoms with E-state index in [1.54, 1.807) is 6.92 Å². The molecule has 2 unspecified atom stereocenters. The Morgan fingerprint density at radius 3 is 2.45 bits per heavy atom. The van der Waals surface area contributed by atoms with E-state index < -0.39 is 15.5 Å². The molecule has 0 aromatic carbocycles. The summed E-state index contributed by atoms with van der Waals surface area (Å²) in [5.41, 5.74) is -0.590. The minimum Gasteiger partial charge on any atom is -0.351 e. The van der Waals surface area contributed by atoms with Crippen LogP contribution in [0.2, 0.25) is 0 Å². The molecule has 1 aliphatic rings. The SMILES string of the molecule is CCNS(=O)(=O)C1OC1CC. The highest BCUT2D eigenvalue weighted by molar-refractivity contribution is 7.90. The Balaban J connectivity index is 2.49. The van der Waals surface area contributed by atoms with Gasteiger partial charge in [-0.1, -0.05) is 13.8 Å². The van der Waals surface area contributed by atoms with Crippen molar-refractivity contribution in [2.75, 3.05) is 6.54 Å². The van der Waals surface area contributed by atoms with Gasteiger partial charge in [0.05, 0.1) is 0 Å². The highest BCUT2D eigenvalue weighted by atomic mass is 32.2. The summed E-state index contributed by atoms with van der Waals surface area (Å²) < 4.78 is 29.6. The molecule has 1 fully saturated rings. The minimum atomic E-state index is -3.17. The lowest BCUT2D eigenvalue weighted by Crippen LogP contribution is -2.28. The molecule has 4 nitrogen and oxygen atoms in total. The van der Waals surface area contributed by atoms with E-state index in [0.29, 0.717) is 6.54 Å². The number of sulfonamides is 1. The molecule has 1 heterocycles. The molecule has 0 saturated carbocycles. The van der Waals surface area contributed by atoms with Crippen molar-refractivity contribution < 1.29 is 13.2 Å². The molecule has 0 bridgehead atoms. The number of hydrogen-bond acceptors (Lipinski definition) is 3. The van der Waals surface area contributed by atoms with Crippen molar-refractivity contribution in [1.29, 1.82) is 0 Å². The first-order chi connectivity index (χ1) is 5.11. The van der Waals surface area contributed by atoms with Gasteiger partial charge in [0.15, 0.2) is 5.44 Å². The Bertz CT molecular complexity index is 224. The lowest BCUT2D eigenvalue weighted by molar-refractivity contribution is 0.388. The second-order valence-corrected chi connectivity index (χ2v) is 4.34. The number of epoxide rings is 1. The molecule has 0 aromatic rings. The van der Waals surface area contributed by atoms with Crippen LogP contribution < -0.4 is 4.72 Å². The van der Waals surface area contributed by atoms with Gasteiger partial charge in [-0.25, -0.2) is 13.1 Å². The Labute approximate surface area is 67.0 Å². The predicted molar refractivity (Wildman–Crippen MR) is 41.5 cm³/mol. The molecule has 1 saturated heterocycles. The maximum Gasteiger partial charge on any atom is 0.241 e. The quantitative estimate of drug-likeness (QED) is 0.621. The van der Waals surface area contributed by atoms with Gasteiger partial charge in [0, 0.05) is 6.54 Å². The van der Waals surface area contributed by atoms with E-state index >= 15 is 0 Å². The van der Waals surface area contributed by atoms with Crippen LogP contribution in [-0.4, -0.2) is 26.5 Å². The van der Waals surface area contributed by atoms with Crippen LogP contribution in [0.5, 0.6) is 0 Å². The molecule has 1 rings (SSSR count). The van der Waals surface area contributed by atoms with Crippen LogP contribution >= 0.6 is 0 Å². The molecular weight excluding hydrogens is 166 g/mol. The third-order valence-corrected chi connectivity index (χ3v) is 3.31. The average Bonchev–Trinajstić information content (AvgIpc) is 2.65. The first-order valence-corrected chi connectivity index (χ1v) is 5.30. The summed E-state index contributed by atoms with van der Waals surface area (Å²) in [5, 5.41) is 0. The fourth-order valence-electron chi connectivity index (χ4n) is 0.972. The zero-order chi connectivity index (χ0) is 8.48. The molecule has 0 aliphatic carbocycles. The molecule has 1 N–H and O–H groups in total. The fraction of sp³-hybridized carbons (Fsp3) is 1.00. The van der Waals surface area contributed by atoms with Gasteiger partial charge in [0.2, 0.25) is 10.0 Å². The summed E-state index contributed by atoms with van der Waals surface area (Å²) in [7, 11) is -3.17. The van der Waals surface area contributed by atoms with Gasteiger partial charge in [0.25, 0.3) is 0 Å². The van der Waals surface area contributed by atoms with Gasteiger partial charge in [0.1, 0.15) is 6.10 Å². The highest BCUT2D eigenvalue weighted by Crippen LogP contribution is 2.28. The summed E-state index contributed by atoms with van der Waals surface area (Å²) >= 11 is 0. The largest absolute Gasteiger partial charge is 0.351 e. The lowest BCUT2D eigenvalue weighted by Gasteiger charge is -1.98. The first kappa shape index (κ1) is 8.96. The zero-order valence-corrected chi connectivity index (χ0v) is 7.52. The number of nitrogens with one attached hydrogen (secondary N) is 1. The van der Waals surface area contributed by atoms with Gasteiger partial charge in [-0.05, 0) is 6.42 Å². The van der Waals surface area contributed by atoms with Crippen molar-refractivity contribution in [3.8, 4) is 0 Å². The number of rotatable bonds is 4. The molecule has 0 amide bonds. The van der Waals surface area contributed by atoms with Gasteiger partial charge >= 0.3 is 0 Å². The van der Waals surface area contributed by atoms with Gasteiger partial charge < -0.3 is 4.74 Å². The number of ether oxygens (including phenoxy) is 1. The van der Waals surface area contributed by atoms with Crippen molar-refractivity contribution in [2.24, 2.45) is 0 Å². The molecule has 5 heteroatoms. The van der Waals surface area contributed by atoms with E-state index in [1.807, 2.05) is 6.92 Å². The summed E-state index contributed by atoms with van der Waals surface area (Å²) in [4.78, 5) is 0. The van der Waals surface area contributed by atoms with Crippen LogP contribution in [-0.2, 0) is 14.8 Å². The maximum atomic E-state index is 11.1. The molecule has 2 atom stereocenters. The molecule has 11 heavy (non-hydrogen) atoms. The van der Waals surface area contributed by atoms with Crippen LogP contribution in [0.25, 0.3) is 0 Å². The van der Waals surface area contributed by atoms with E-state index in [-0.39, 0.29) is 6.10 Å². The van der Waals surface area contributed by atoms with Crippen LogP contribution in [0.1, 0.15) is 20.3 Å². The van der Waals surface area contributed by atoms with Crippen LogP contribution in [0.15, 0.2) is 0 Å². The second-order valence-electron chi connectivity index (χ2n) is 2.49. The smallest absolute Gasteiger partial charge is 0.241 e. The topological polar surface area (TPSA) is 58.7 Å². The van der Waals surface area contributed by atoms with Crippen molar-refractivity contribution >= 4 is 10.0 Å². The Morgan fingerprint density at radius 2 is 2.09 bits per heavy atom. The highest BCUT2D eigenvalue weighted by Gasteiger charge is 2.47. The summed E-state index contributed by atoms with van der Waals surface area (Å²) in [6.07, 6.45) is 0.675. The average molecular weight is 179 g/mol. The summed E-state index contributed by atoms with van der Waals surface area (Å²) in [5.74, 6) is 0. The van der Waals surface area contributed by atoms with Crippen LogP contribution in [0, 0.1) is 0 Å². The monoisotopic (exact) mass is 179 g/mol. The number of hydrogen-bond donors (Lipinski definition) is 1. The van der Waals surface area contributed by atoms with Gasteiger partial charge in [-0.3, -0.25) is 0 Å². The van der Waals surface area contributed by atoms with Crippen molar-refractivity contribution in [3.63, 3.8) is 0 Å². The summed E-state index contributed by atoms with van der Waals surface area (Å²) in [6.45, 7) is 4.09. The normalized spacial score (nSPS) is 30.4. The zero-order valence-electron chi connectivity index (χ0n) is 6.70. The fourth-order valence-corrected chi connectivity index (χ4v) is 2.42. The standard InChI is InChI=1S/C6H13NO3S/c1-3-5-6(10-5)11(8,9)7-4-2/h5-7H,3-4H2,1-2H3. The van der Waals surface area contributed by atoms with E-state index in [1.165, 1.54) is 0 Å². The van der Waals surface area contributed by atoms with Gasteiger partial charge in [-0.2, -0.15) is 0 Å². The predicted octanol–water partition coefficient (Wildman–Crippen LogP) is 0.0606. The second kappa shape index (κ2) is 3.08. The van der Waals surface area contributed by atoms with E-state index in [2.05, 4.69) is 4.72 Å². The molecule has 0 aromatic heterocycles. The summed E-state index contributed by atoms with van der Waals surface area (Å²) in [6, 6.07) is 0. The molecule has 0 radical (unpaired) electrons. The molecule has 66 valence electrons. The van der Waals surface area contributed by atoms with Crippen molar-refractivity contribution in [2.45, 2.75) is 31.8 Å². The van der Waals surface area contributed by atoms with Gasteiger partial charge in [-0.15, -0.1) is 0 Å². The molecular formula is C6H13NO3S. The molecule has 1 aliphatic heterocycles. The maximum absolute atomic E-state index is 11.1. The Kier molecular flexibility index (Phi) is 2.51. The molecule has 0 spiro atoms. The first-order valence-electron chi connectivity index (χ1n) is 3.75.